The predicted molar refractivity (Wildman–Crippen MR) is 65.2 cm³/mol. The van der Waals surface area contributed by atoms with Crippen molar-refractivity contribution in [2.45, 2.75) is 33.1 Å². The van der Waals surface area contributed by atoms with Crippen molar-refractivity contribution in [3.8, 4) is 0 Å². The Balaban J connectivity index is 2.50. The van der Waals surface area contributed by atoms with Gasteiger partial charge in [0, 0.05) is 19.5 Å². The number of nitrogens with zero attached hydrogens (tertiary/aromatic N) is 1. The molecule has 0 amide bonds. The van der Waals surface area contributed by atoms with Crippen LogP contribution in [-0.2, 0) is 14.8 Å². The number of aliphatic carboxylic acids is 1. The van der Waals surface area contributed by atoms with Gasteiger partial charge in [0.2, 0.25) is 10.0 Å². The summed E-state index contributed by atoms with van der Waals surface area (Å²) in [6, 6.07) is 0. The molecule has 17 heavy (non-hydrogen) atoms. The van der Waals surface area contributed by atoms with Crippen molar-refractivity contribution < 1.29 is 18.3 Å². The van der Waals surface area contributed by atoms with Crippen LogP contribution in [0, 0.1) is 11.8 Å². The molecule has 1 aliphatic heterocycles. The van der Waals surface area contributed by atoms with E-state index in [0.29, 0.717) is 24.9 Å². The molecular weight excluding hydrogens is 242 g/mol. The third kappa shape index (κ3) is 4.27. The lowest BCUT2D eigenvalue weighted by Crippen LogP contribution is -2.43. The van der Waals surface area contributed by atoms with Crippen molar-refractivity contribution in [1.82, 2.24) is 4.31 Å². The van der Waals surface area contributed by atoms with E-state index in [1.165, 1.54) is 4.31 Å². The first-order valence-electron chi connectivity index (χ1n) is 6.02. The van der Waals surface area contributed by atoms with Crippen molar-refractivity contribution in [3.05, 3.63) is 0 Å². The summed E-state index contributed by atoms with van der Waals surface area (Å²) in [6.45, 7) is 5.33. The van der Waals surface area contributed by atoms with Crippen molar-refractivity contribution in [1.29, 1.82) is 0 Å². The Morgan fingerprint density at radius 1 is 1.35 bits per heavy atom. The molecule has 0 bridgehead atoms. The molecule has 1 aliphatic rings. The van der Waals surface area contributed by atoms with E-state index in [2.05, 4.69) is 13.8 Å². The van der Waals surface area contributed by atoms with E-state index in [-0.39, 0.29) is 18.6 Å². The molecule has 0 spiro atoms. The fourth-order valence-corrected chi connectivity index (χ4v) is 3.63. The SMILES string of the molecule is CC1CCN(S(=O)(=O)CCCC(=O)O)CC1C. The fraction of sp³-hybridized carbons (Fsp3) is 0.909. The van der Waals surface area contributed by atoms with E-state index in [1.54, 1.807) is 0 Å². The van der Waals surface area contributed by atoms with Crippen LogP contribution in [-0.4, -0.2) is 42.6 Å². The summed E-state index contributed by atoms with van der Waals surface area (Å²) in [6.07, 6.45) is 0.996. The van der Waals surface area contributed by atoms with Crippen molar-refractivity contribution in [3.63, 3.8) is 0 Å². The van der Waals surface area contributed by atoms with E-state index in [1.807, 2.05) is 0 Å². The molecule has 0 aliphatic carbocycles. The number of hydrogen-bond acceptors (Lipinski definition) is 3. The molecular formula is C11H21NO4S. The molecule has 0 saturated carbocycles. The highest BCUT2D eigenvalue weighted by Gasteiger charge is 2.30. The van der Waals surface area contributed by atoms with Gasteiger partial charge in [-0.1, -0.05) is 13.8 Å². The maximum absolute atomic E-state index is 12.0. The molecule has 0 aromatic carbocycles. The molecule has 2 atom stereocenters. The average Bonchev–Trinajstić information content (AvgIpc) is 2.21. The van der Waals surface area contributed by atoms with Crippen LogP contribution < -0.4 is 0 Å². The maximum Gasteiger partial charge on any atom is 0.303 e. The number of carboxylic acids is 1. The van der Waals surface area contributed by atoms with E-state index < -0.39 is 16.0 Å². The number of sulfonamides is 1. The molecule has 1 rings (SSSR count). The van der Waals surface area contributed by atoms with Crippen LogP contribution >= 0.6 is 0 Å². The van der Waals surface area contributed by atoms with Gasteiger partial charge in [0.15, 0.2) is 0 Å². The van der Waals surface area contributed by atoms with Crippen LogP contribution in [0.1, 0.15) is 33.1 Å². The fourth-order valence-electron chi connectivity index (χ4n) is 2.01. The van der Waals surface area contributed by atoms with Gasteiger partial charge < -0.3 is 5.11 Å². The molecule has 6 heteroatoms. The zero-order valence-electron chi connectivity index (χ0n) is 10.4. The number of piperidine rings is 1. The van der Waals surface area contributed by atoms with Gasteiger partial charge in [0.25, 0.3) is 0 Å². The Bertz CT molecular complexity index is 366. The van der Waals surface area contributed by atoms with Crippen molar-refractivity contribution in [2.24, 2.45) is 11.8 Å². The summed E-state index contributed by atoms with van der Waals surface area (Å²) in [4.78, 5) is 10.3. The second-order valence-electron chi connectivity index (χ2n) is 4.91. The topological polar surface area (TPSA) is 74.7 Å². The van der Waals surface area contributed by atoms with Gasteiger partial charge in [-0.05, 0) is 24.7 Å². The number of carbonyl (C=O) groups is 1. The molecule has 0 aromatic heterocycles. The van der Waals surface area contributed by atoms with Gasteiger partial charge in [0.1, 0.15) is 0 Å². The first-order valence-corrected chi connectivity index (χ1v) is 7.63. The molecule has 1 heterocycles. The third-order valence-electron chi connectivity index (χ3n) is 3.48. The molecule has 0 aromatic rings. The van der Waals surface area contributed by atoms with Crippen molar-refractivity contribution >= 4 is 16.0 Å². The second-order valence-corrected chi connectivity index (χ2v) is 7.00. The zero-order valence-corrected chi connectivity index (χ0v) is 11.2. The van der Waals surface area contributed by atoms with E-state index >= 15 is 0 Å². The largest absolute Gasteiger partial charge is 0.481 e. The maximum atomic E-state index is 12.0. The van der Waals surface area contributed by atoms with E-state index in [0.717, 1.165) is 6.42 Å². The lowest BCUT2D eigenvalue weighted by molar-refractivity contribution is -0.137. The smallest absolute Gasteiger partial charge is 0.303 e. The monoisotopic (exact) mass is 263 g/mol. The zero-order chi connectivity index (χ0) is 13.1. The van der Waals surface area contributed by atoms with Crippen LogP contribution in [0.25, 0.3) is 0 Å². The van der Waals surface area contributed by atoms with Crippen molar-refractivity contribution in [2.75, 3.05) is 18.8 Å². The normalized spacial score (nSPS) is 26.9. The number of carboxylic acid groups (broad SMARTS) is 1. The first kappa shape index (κ1) is 14.4. The molecule has 1 N–H and O–H groups in total. The molecule has 100 valence electrons. The van der Waals surface area contributed by atoms with Crippen LogP contribution in [0.15, 0.2) is 0 Å². The molecule has 1 saturated heterocycles. The predicted octanol–water partition coefficient (Wildman–Crippen LogP) is 1.16. The summed E-state index contributed by atoms with van der Waals surface area (Å²) in [7, 11) is -3.27. The second kappa shape index (κ2) is 5.82. The van der Waals surface area contributed by atoms with Gasteiger partial charge in [-0.2, -0.15) is 0 Å². The summed E-state index contributed by atoms with van der Waals surface area (Å²) < 4.78 is 25.4. The lowest BCUT2D eigenvalue weighted by Gasteiger charge is -2.34. The van der Waals surface area contributed by atoms with Crippen LogP contribution in [0.5, 0.6) is 0 Å². The van der Waals surface area contributed by atoms with Crippen LogP contribution in [0.4, 0.5) is 0 Å². The Labute approximate surface area is 103 Å². The average molecular weight is 263 g/mol. The van der Waals surface area contributed by atoms with Gasteiger partial charge >= 0.3 is 5.97 Å². The van der Waals surface area contributed by atoms with Crippen LogP contribution in [0.2, 0.25) is 0 Å². The van der Waals surface area contributed by atoms with Crippen LogP contribution in [0.3, 0.4) is 0 Å². The minimum atomic E-state index is -3.27. The first-order chi connectivity index (χ1) is 7.83. The highest BCUT2D eigenvalue weighted by atomic mass is 32.2. The Morgan fingerprint density at radius 3 is 2.53 bits per heavy atom. The minimum absolute atomic E-state index is 0.0552. The summed E-state index contributed by atoms with van der Waals surface area (Å²) in [5.41, 5.74) is 0. The number of rotatable bonds is 5. The third-order valence-corrected chi connectivity index (χ3v) is 5.41. The van der Waals surface area contributed by atoms with Gasteiger partial charge in [-0.15, -0.1) is 0 Å². The molecule has 5 nitrogen and oxygen atoms in total. The number of hydrogen-bond donors (Lipinski definition) is 1. The van der Waals surface area contributed by atoms with E-state index in [9.17, 15) is 13.2 Å². The highest BCUT2D eigenvalue weighted by molar-refractivity contribution is 7.89. The summed E-state index contributed by atoms with van der Waals surface area (Å²) >= 11 is 0. The van der Waals surface area contributed by atoms with Gasteiger partial charge in [-0.3, -0.25) is 4.79 Å². The summed E-state index contributed by atoms with van der Waals surface area (Å²) in [5, 5.41) is 8.49. The standard InChI is InChI=1S/C11H21NO4S/c1-9-5-6-12(8-10(9)2)17(15,16)7-3-4-11(13)14/h9-10H,3-8H2,1-2H3,(H,13,14). The minimum Gasteiger partial charge on any atom is -0.481 e. The highest BCUT2D eigenvalue weighted by Crippen LogP contribution is 2.24. The van der Waals surface area contributed by atoms with Gasteiger partial charge in [0.05, 0.1) is 5.75 Å². The molecule has 1 fully saturated rings. The lowest BCUT2D eigenvalue weighted by atomic mass is 9.90. The van der Waals surface area contributed by atoms with Gasteiger partial charge in [-0.25, -0.2) is 12.7 Å². The quantitative estimate of drug-likeness (QED) is 0.807. The van der Waals surface area contributed by atoms with E-state index in [4.69, 9.17) is 5.11 Å². The molecule has 0 radical (unpaired) electrons. The molecule has 2 unspecified atom stereocenters. The Hall–Kier alpha value is -0.620. The Morgan fingerprint density at radius 2 is 2.00 bits per heavy atom. The summed E-state index contributed by atoms with van der Waals surface area (Å²) in [5.74, 6) is -0.0697. The Kier molecular flexibility index (Phi) is 4.94.